The van der Waals surface area contributed by atoms with Crippen LogP contribution in [-0.2, 0) is 0 Å². The van der Waals surface area contributed by atoms with Crippen LogP contribution >= 0.6 is 0 Å². The van der Waals surface area contributed by atoms with Crippen molar-refractivity contribution in [3.8, 4) is 0 Å². The van der Waals surface area contributed by atoms with Gasteiger partial charge in [-0.3, -0.25) is 4.90 Å². The van der Waals surface area contributed by atoms with E-state index in [1.807, 2.05) is 12.3 Å². The highest BCUT2D eigenvalue weighted by Crippen LogP contribution is 2.23. The summed E-state index contributed by atoms with van der Waals surface area (Å²) < 4.78 is 5.14. The third-order valence-electron chi connectivity index (χ3n) is 3.23. The number of rotatable bonds is 3. The highest BCUT2D eigenvalue weighted by atomic mass is 16.3. The standard InChI is InChI=1S/C12H20N2O/c13-9-12(11-5-8-15-10-11)14-6-3-1-2-4-7-14/h5,8,10,12H,1-4,6-7,9,13H2. The molecule has 0 amide bonds. The third kappa shape index (κ3) is 2.61. The molecule has 3 heteroatoms. The zero-order valence-electron chi connectivity index (χ0n) is 9.19. The maximum absolute atomic E-state index is 5.86. The highest BCUT2D eigenvalue weighted by Gasteiger charge is 2.20. The van der Waals surface area contributed by atoms with Crippen molar-refractivity contribution in [2.75, 3.05) is 19.6 Å². The van der Waals surface area contributed by atoms with Gasteiger partial charge in [-0.25, -0.2) is 0 Å². The van der Waals surface area contributed by atoms with Crippen LogP contribution in [0.1, 0.15) is 37.3 Å². The van der Waals surface area contributed by atoms with E-state index in [0.29, 0.717) is 12.6 Å². The maximum Gasteiger partial charge on any atom is 0.0950 e. The molecule has 1 aromatic heterocycles. The molecule has 1 unspecified atom stereocenters. The van der Waals surface area contributed by atoms with Gasteiger partial charge in [0.25, 0.3) is 0 Å². The van der Waals surface area contributed by atoms with E-state index in [-0.39, 0.29) is 0 Å². The molecule has 0 saturated carbocycles. The Labute approximate surface area is 91.2 Å². The summed E-state index contributed by atoms with van der Waals surface area (Å²) in [5.41, 5.74) is 7.08. The van der Waals surface area contributed by atoms with Crippen LogP contribution in [0.3, 0.4) is 0 Å². The SMILES string of the molecule is NCC(c1ccoc1)N1CCCCCC1. The van der Waals surface area contributed by atoms with Gasteiger partial charge in [0.15, 0.2) is 0 Å². The number of hydrogen-bond donors (Lipinski definition) is 1. The van der Waals surface area contributed by atoms with Crippen molar-refractivity contribution >= 4 is 0 Å². The van der Waals surface area contributed by atoms with Crippen molar-refractivity contribution in [2.24, 2.45) is 5.73 Å². The number of nitrogens with two attached hydrogens (primary N) is 1. The van der Waals surface area contributed by atoms with Crippen LogP contribution < -0.4 is 5.73 Å². The molecule has 2 rings (SSSR count). The predicted molar refractivity (Wildman–Crippen MR) is 60.5 cm³/mol. The van der Waals surface area contributed by atoms with Crippen molar-refractivity contribution < 1.29 is 4.42 Å². The van der Waals surface area contributed by atoms with E-state index < -0.39 is 0 Å². The fourth-order valence-electron chi connectivity index (χ4n) is 2.37. The molecule has 15 heavy (non-hydrogen) atoms. The zero-order valence-corrected chi connectivity index (χ0v) is 9.19. The zero-order chi connectivity index (χ0) is 10.5. The Balaban J connectivity index is 2.04. The average molecular weight is 208 g/mol. The van der Waals surface area contributed by atoms with E-state index in [4.69, 9.17) is 10.2 Å². The summed E-state index contributed by atoms with van der Waals surface area (Å²) in [5, 5.41) is 0. The van der Waals surface area contributed by atoms with Crippen LogP contribution in [0.25, 0.3) is 0 Å². The third-order valence-corrected chi connectivity index (χ3v) is 3.23. The molecule has 2 heterocycles. The Morgan fingerprint density at radius 2 is 2.00 bits per heavy atom. The first kappa shape index (κ1) is 10.7. The molecular weight excluding hydrogens is 188 g/mol. The van der Waals surface area contributed by atoms with Gasteiger partial charge >= 0.3 is 0 Å². The number of nitrogens with zero attached hydrogens (tertiary/aromatic N) is 1. The summed E-state index contributed by atoms with van der Waals surface area (Å²) in [5.74, 6) is 0. The lowest BCUT2D eigenvalue weighted by molar-refractivity contribution is 0.209. The molecule has 2 N–H and O–H groups in total. The van der Waals surface area contributed by atoms with Crippen molar-refractivity contribution in [1.29, 1.82) is 0 Å². The first-order valence-corrected chi connectivity index (χ1v) is 5.88. The van der Waals surface area contributed by atoms with Crippen LogP contribution in [-0.4, -0.2) is 24.5 Å². The minimum atomic E-state index is 0.349. The minimum Gasteiger partial charge on any atom is -0.472 e. The van der Waals surface area contributed by atoms with E-state index in [9.17, 15) is 0 Å². The Kier molecular flexibility index (Phi) is 3.80. The summed E-state index contributed by atoms with van der Waals surface area (Å²) in [6, 6.07) is 2.38. The second-order valence-corrected chi connectivity index (χ2v) is 4.26. The maximum atomic E-state index is 5.86. The first-order chi connectivity index (χ1) is 7.42. The number of likely N-dealkylation sites (tertiary alicyclic amines) is 1. The van der Waals surface area contributed by atoms with Gasteiger partial charge in [-0.2, -0.15) is 0 Å². The van der Waals surface area contributed by atoms with E-state index in [1.165, 1.54) is 44.3 Å². The fourth-order valence-corrected chi connectivity index (χ4v) is 2.37. The Bertz CT molecular complexity index is 263. The lowest BCUT2D eigenvalue weighted by atomic mass is 10.1. The molecule has 3 nitrogen and oxygen atoms in total. The molecule has 1 atom stereocenters. The summed E-state index contributed by atoms with van der Waals surface area (Å²) in [6.45, 7) is 3.03. The molecule has 84 valence electrons. The molecule has 0 aromatic carbocycles. The van der Waals surface area contributed by atoms with Crippen LogP contribution in [0.15, 0.2) is 23.0 Å². The van der Waals surface area contributed by atoms with Gasteiger partial charge in [-0.1, -0.05) is 12.8 Å². The Hall–Kier alpha value is -0.800. The van der Waals surface area contributed by atoms with Gasteiger partial charge in [-0.15, -0.1) is 0 Å². The van der Waals surface area contributed by atoms with E-state index >= 15 is 0 Å². The summed E-state index contributed by atoms with van der Waals surface area (Å²) in [7, 11) is 0. The monoisotopic (exact) mass is 208 g/mol. The van der Waals surface area contributed by atoms with Crippen molar-refractivity contribution in [3.05, 3.63) is 24.2 Å². The Morgan fingerprint density at radius 3 is 2.53 bits per heavy atom. The van der Waals surface area contributed by atoms with E-state index in [2.05, 4.69) is 4.90 Å². The second-order valence-electron chi connectivity index (χ2n) is 4.26. The summed E-state index contributed by atoms with van der Waals surface area (Å²) in [4.78, 5) is 2.50. The topological polar surface area (TPSA) is 42.4 Å². The summed E-state index contributed by atoms with van der Waals surface area (Å²) >= 11 is 0. The van der Waals surface area contributed by atoms with Crippen LogP contribution in [0.2, 0.25) is 0 Å². The lowest BCUT2D eigenvalue weighted by Gasteiger charge is -2.28. The number of furan rings is 1. The second kappa shape index (κ2) is 5.33. The van der Waals surface area contributed by atoms with Crippen LogP contribution in [0, 0.1) is 0 Å². The molecule has 1 aliphatic rings. The molecule has 0 spiro atoms. The molecule has 1 fully saturated rings. The largest absolute Gasteiger partial charge is 0.472 e. The van der Waals surface area contributed by atoms with Crippen molar-refractivity contribution in [2.45, 2.75) is 31.7 Å². The normalized spacial score (nSPS) is 21.1. The lowest BCUT2D eigenvalue weighted by Crippen LogP contribution is -2.34. The average Bonchev–Trinajstić information content (AvgIpc) is 2.63. The molecule has 1 saturated heterocycles. The smallest absolute Gasteiger partial charge is 0.0950 e. The number of hydrogen-bond acceptors (Lipinski definition) is 3. The van der Waals surface area contributed by atoms with Crippen LogP contribution in [0.5, 0.6) is 0 Å². The van der Waals surface area contributed by atoms with Gasteiger partial charge in [0.1, 0.15) is 0 Å². The summed E-state index contributed by atoms with van der Waals surface area (Å²) in [6.07, 6.45) is 8.87. The van der Waals surface area contributed by atoms with Crippen LogP contribution in [0.4, 0.5) is 0 Å². The predicted octanol–water partition coefficient (Wildman–Crippen LogP) is 2.16. The molecule has 0 aliphatic carbocycles. The fraction of sp³-hybridized carbons (Fsp3) is 0.667. The Morgan fingerprint density at radius 1 is 1.27 bits per heavy atom. The van der Waals surface area contributed by atoms with Gasteiger partial charge in [0.05, 0.1) is 18.6 Å². The highest BCUT2D eigenvalue weighted by molar-refractivity contribution is 5.12. The quantitative estimate of drug-likeness (QED) is 0.827. The minimum absolute atomic E-state index is 0.349. The van der Waals surface area contributed by atoms with E-state index in [0.717, 1.165) is 0 Å². The van der Waals surface area contributed by atoms with Crippen molar-refractivity contribution in [1.82, 2.24) is 4.90 Å². The van der Waals surface area contributed by atoms with Gasteiger partial charge in [0, 0.05) is 12.1 Å². The molecule has 0 radical (unpaired) electrons. The molecular formula is C12H20N2O. The molecule has 1 aliphatic heterocycles. The van der Waals surface area contributed by atoms with Gasteiger partial charge in [0.2, 0.25) is 0 Å². The molecule has 0 bridgehead atoms. The van der Waals surface area contributed by atoms with Gasteiger partial charge < -0.3 is 10.2 Å². The molecule has 1 aromatic rings. The van der Waals surface area contributed by atoms with Gasteiger partial charge in [-0.05, 0) is 32.0 Å². The van der Waals surface area contributed by atoms with Crippen molar-refractivity contribution in [3.63, 3.8) is 0 Å². The first-order valence-electron chi connectivity index (χ1n) is 5.88. The van der Waals surface area contributed by atoms with E-state index in [1.54, 1.807) is 6.26 Å².